The van der Waals surface area contributed by atoms with Crippen molar-refractivity contribution in [3.63, 3.8) is 0 Å². The molecule has 8 rings (SSSR count). The topological polar surface area (TPSA) is 95.7 Å². The van der Waals surface area contributed by atoms with E-state index >= 15 is 0 Å². The number of rotatable bonds is 5. The molecule has 1 aliphatic carbocycles. The van der Waals surface area contributed by atoms with Gasteiger partial charge in [-0.15, -0.1) is 0 Å². The van der Waals surface area contributed by atoms with Crippen LogP contribution in [0, 0.1) is 6.92 Å². The maximum Gasteiger partial charge on any atom is 0.337 e. The van der Waals surface area contributed by atoms with Gasteiger partial charge in [-0.05, 0) is 78.4 Å². The van der Waals surface area contributed by atoms with Crippen molar-refractivity contribution in [1.82, 2.24) is 19.2 Å². The van der Waals surface area contributed by atoms with Crippen LogP contribution < -0.4 is 4.74 Å². The lowest BCUT2D eigenvalue weighted by Gasteiger charge is -2.44. The second-order valence-electron chi connectivity index (χ2n) is 13.2. The molecular formula is C38H36N4O5. The highest BCUT2D eigenvalue weighted by molar-refractivity contribution is 6.06. The summed E-state index contributed by atoms with van der Waals surface area (Å²) in [5.41, 5.74) is 7.10. The van der Waals surface area contributed by atoms with Crippen LogP contribution in [-0.2, 0) is 11.8 Å². The van der Waals surface area contributed by atoms with Gasteiger partial charge in [0.15, 0.2) is 5.78 Å². The Morgan fingerprint density at radius 3 is 2.34 bits per heavy atom. The number of esters is 1. The van der Waals surface area contributed by atoms with Crippen LogP contribution in [0.1, 0.15) is 74.8 Å². The fourth-order valence-corrected chi connectivity index (χ4v) is 7.32. The molecule has 9 nitrogen and oxygen atoms in total. The van der Waals surface area contributed by atoms with E-state index in [-0.39, 0.29) is 17.7 Å². The van der Waals surface area contributed by atoms with Gasteiger partial charge in [0.25, 0.3) is 5.91 Å². The van der Waals surface area contributed by atoms with Crippen LogP contribution in [0.2, 0.25) is 0 Å². The number of carbonyl (C=O) groups excluding carboxylic acids is 3. The van der Waals surface area contributed by atoms with Crippen molar-refractivity contribution < 1.29 is 23.9 Å². The molecule has 5 aromatic rings. The average Bonchev–Trinajstić information content (AvgIpc) is 3.75. The van der Waals surface area contributed by atoms with Crippen LogP contribution in [0.15, 0.2) is 73.2 Å². The van der Waals surface area contributed by atoms with E-state index in [0.29, 0.717) is 60.8 Å². The Bertz CT molecular complexity index is 2080. The predicted molar refractivity (Wildman–Crippen MR) is 178 cm³/mol. The molecule has 0 atom stereocenters. The maximum atomic E-state index is 14.2. The first-order valence-electron chi connectivity index (χ1n) is 16.2. The molecule has 1 amide bonds. The van der Waals surface area contributed by atoms with Gasteiger partial charge in [0.2, 0.25) is 0 Å². The lowest BCUT2D eigenvalue weighted by atomic mass is 9.82. The van der Waals surface area contributed by atoms with E-state index in [1.807, 2.05) is 60.6 Å². The summed E-state index contributed by atoms with van der Waals surface area (Å²) >= 11 is 0. The number of amides is 1. The Labute approximate surface area is 272 Å². The van der Waals surface area contributed by atoms with Gasteiger partial charge in [0.1, 0.15) is 11.4 Å². The first-order valence-corrected chi connectivity index (χ1v) is 16.2. The zero-order valence-electron chi connectivity index (χ0n) is 26.8. The van der Waals surface area contributed by atoms with Crippen molar-refractivity contribution in [2.75, 3.05) is 20.2 Å². The number of hydrogen-bond donors (Lipinski definition) is 0. The van der Waals surface area contributed by atoms with Gasteiger partial charge >= 0.3 is 5.97 Å². The number of aryl methyl sites for hydroxylation is 2. The second kappa shape index (κ2) is 11.0. The van der Waals surface area contributed by atoms with Gasteiger partial charge < -0.3 is 18.9 Å². The lowest BCUT2D eigenvalue weighted by molar-refractivity contribution is -0.00571. The van der Waals surface area contributed by atoms with Crippen LogP contribution in [0.5, 0.6) is 5.75 Å². The molecule has 0 N–H and O–H groups in total. The number of methoxy groups -OCH3 is 1. The van der Waals surface area contributed by atoms with E-state index < -0.39 is 5.60 Å². The molecule has 9 heteroatoms. The van der Waals surface area contributed by atoms with Crippen molar-refractivity contribution in [3.8, 4) is 28.0 Å². The predicted octanol–water partition coefficient (Wildman–Crippen LogP) is 6.78. The summed E-state index contributed by atoms with van der Waals surface area (Å²) in [7, 11) is 3.24. The average molecular weight is 629 g/mol. The molecule has 2 fully saturated rings. The van der Waals surface area contributed by atoms with Gasteiger partial charge in [-0.1, -0.05) is 18.2 Å². The number of aromatic nitrogens is 3. The van der Waals surface area contributed by atoms with Crippen molar-refractivity contribution in [1.29, 1.82) is 0 Å². The number of carbonyl (C=O) groups is 3. The van der Waals surface area contributed by atoms with Crippen LogP contribution in [0.3, 0.4) is 0 Å². The monoisotopic (exact) mass is 628 g/mol. The van der Waals surface area contributed by atoms with Crippen molar-refractivity contribution >= 4 is 28.6 Å². The highest BCUT2D eigenvalue weighted by atomic mass is 16.5. The third kappa shape index (κ3) is 5.10. The number of piperidine rings is 1. The Morgan fingerprint density at radius 1 is 0.915 bits per heavy atom. The van der Waals surface area contributed by atoms with E-state index in [0.717, 1.165) is 51.6 Å². The summed E-state index contributed by atoms with van der Waals surface area (Å²) in [6.07, 6.45) is 9.63. The van der Waals surface area contributed by atoms with Crippen molar-refractivity contribution in [2.45, 2.75) is 50.7 Å². The second-order valence-corrected chi connectivity index (χ2v) is 13.2. The quantitative estimate of drug-likeness (QED) is 0.199. The van der Waals surface area contributed by atoms with Crippen LogP contribution in [0.25, 0.3) is 33.2 Å². The van der Waals surface area contributed by atoms with E-state index in [2.05, 4.69) is 22.8 Å². The third-order valence-electron chi connectivity index (χ3n) is 10.0. The number of hydrogen-bond acceptors (Lipinski definition) is 6. The summed E-state index contributed by atoms with van der Waals surface area (Å²) < 4.78 is 15.5. The molecule has 1 saturated heterocycles. The molecule has 1 saturated carbocycles. The number of ketones is 1. The standard InChI is InChI=1S/C38H36N4O5/c1-23-21-42(29-9-10-29)32-18-27(17-30(35(23)32)24-4-6-25(7-5-24)37(45)46-3)36(44)41-14-12-38(13-15-41)19-33(43)31-16-26(8-11-34(31)47-38)28-20-39-40(2)22-28/h4-8,11,16-18,20-22,29H,9-10,12-15,19H2,1-3H3. The molecule has 3 aliphatic rings. The zero-order valence-corrected chi connectivity index (χ0v) is 26.8. The number of fused-ring (bicyclic) bond motifs is 2. The van der Waals surface area contributed by atoms with E-state index in [4.69, 9.17) is 9.47 Å². The molecule has 238 valence electrons. The fraction of sp³-hybridized carbons (Fsp3) is 0.316. The molecular weight excluding hydrogens is 592 g/mol. The maximum absolute atomic E-state index is 14.2. The molecule has 4 heterocycles. The molecule has 2 aromatic heterocycles. The molecule has 0 radical (unpaired) electrons. The number of likely N-dealkylation sites (tertiary alicyclic amines) is 1. The minimum Gasteiger partial charge on any atom is -0.486 e. The summed E-state index contributed by atoms with van der Waals surface area (Å²) in [5.74, 6) is 0.268. The van der Waals surface area contributed by atoms with E-state index in [1.54, 1.807) is 23.0 Å². The number of nitrogens with zero attached hydrogens (tertiary/aromatic N) is 4. The molecule has 47 heavy (non-hydrogen) atoms. The van der Waals surface area contributed by atoms with Gasteiger partial charge in [0, 0.05) is 73.4 Å². The lowest BCUT2D eigenvalue weighted by Crippen LogP contribution is -2.52. The van der Waals surface area contributed by atoms with Crippen LogP contribution in [0.4, 0.5) is 0 Å². The zero-order chi connectivity index (χ0) is 32.4. The minimum absolute atomic E-state index is 0.0287. The SMILES string of the molecule is COC(=O)c1ccc(-c2cc(C(=O)N3CCC4(CC3)CC(=O)c3cc(-c5cnn(C)c5)ccc3O4)cc3c2c(C)cn3C2CC2)cc1. The normalized spacial score (nSPS) is 17.1. The summed E-state index contributed by atoms with van der Waals surface area (Å²) in [5, 5.41) is 5.37. The number of ether oxygens (including phenoxy) is 2. The molecule has 1 spiro atoms. The first kappa shape index (κ1) is 29.2. The molecule has 2 aliphatic heterocycles. The van der Waals surface area contributed by atoms with E-state index in [1.165, 1.54) is 7.11 Å². The van der Waals surface area contributed by atoms with Gasteiger partial charge in [0.05, 0.1) is 30.9 Å². The van der Waals surface area contributed by atoms with Crippen LogP contribution >= 0.6 is 0 Å². The Kier molecular flexibility index (Phi) is 6.82. The van der Waals surface area contributed by atoms with E-state index in [9.17, 15) is 14.4 Å². The Hall–Kier alpha value is -5.18. The first-order chi connectivity index (χ1) is 22.7. The molecule has 0 bridgehead atoms. The summed E-state index contributed by atoms with van der Waals surface area (Å²) in [6.45, 7) is 3.11. The highest BCUT2D eigenvalue weighted by Gasteiger charge is 2.44. The summed E-state index contributed by atoms with van der Waals surface area (Å²) in [6, 6.07) is 17.6. The van der Waals surface area contributed by atoms with Gasteiger partial charge in [-0.25, -0.2) is 4.79 Å². The molecule has 0 unspecified atom stereocenters. The largest absolute Gasteiger partial charge is 0.486 e. The highest BCUT2D eigenvalue weighted by Crippen LogP contribution is 2.43. The van der Waals surface area contributed by atoms with Crippen LogP contribution in [-0.4, -0.2) is 62.7 Å². The Balaban J connectivity index is 1.06. The molecule has 3 aromatic carbocycles. The fourth-order valence-electron chi connectivity index (χ4n) is 7.32. The number of Topliss-reactive ketones (excluding diaryl/α,β-unsaturated/α-hetero) is 1. The minimum atomic E-state index is -0.620. The summed E-state index contributed by atoms with van der Waals surface area (Å²) in [4.78, 5) is 41.6. The smallest absolute Gasteiger partial charge is 0.337 e. The Morgan fingerprint density at radius 2 is 1.66 bits per heavy atom. The van der Waals surface area contributed by atoms with Gasteiger partial charge in [-0.3, -0.25) is 14.3 Å². The third-order valence-corrected chi connectivity index (χ3v) is 10.0. The number of benzene rings is 3. The van der Waals surface area contributed by atoms with Crippen molar-refractivity contribution in [2.24, 2.45) is 7.05 Å². The van der Waals surface area contributed by atoms with Crippen molar-refractivity contribution in [3.05, 3.63) is 95.4 Å². The van der Waals surface area contributed by atoms with Gasteiger partial charge in [-0.2, -0.15) is 5.10 Å².